The van der Waals surface area contributed by atoms with Crippen LogP contribution in [0, 0.1) is 16.7 Å². The van der Waals surface area contributed by atoms with E-state index in [0.717, 1.165) is 6.61 Å². The Morgan fingerprint density at radius 2 is 0.900 bits per heavy atom. The highest BCUT2D eigenvalue weighted by Crippen LogP contribution is 2.62. The third-order valence-electron chi connectivity index (χ3n) is 6.83. The number of rotatable bonds is 6. The second-order valence-corrected chi connectivity index (χ2v) is 10.6. The Bertz CT molecular complexity index is 394. The van der Waals surface area contributed by atoms with E-state index in [-0.39, 0.29) is 17.3 Å². The SMILES string of the molecule is CC.CC.CC.CC.CC.CC.CC.CC1(C)CC1(C)C.CCC1CO1.COC(C)(C)C(C)(C)OC(C)C(C)C. The molecule has 0 N–H and O–H groups in total. The molecule has 2 fully saturated rings. The van der Waals surface area contributed by atoms with Gasteiger partial charge in [0.25, 0.3) is 0 Å². The largest absolute Gasteiger partial charge is 0.376 e. The van der Waals surface area contributed by atoms with Crippen LogP contribution in [0.25, 0.3) is 0 Å². The van der Waals surface area contributed by atoms with Crippen LogP contribution in [0.15, 0.2) is 0 Å². The number of epoxide rings is 1. The van der Waals surface area contributed by atoms with Crippen molar-refractivity contribution in [2.75, 3.05) is 13.7 Å². The Balaban J connectivity index is -0.0000000554. The van der Waals surface area contributed by atoms with Crippen LogP contribution >= 0.6 is 0 Å². The molecule has 0 radical (unpaired) electrons. The van der Waals surface area contributed by atoms with Crippen LogP contribution in [0.3, 0.4) is 0 Å². The highest BCUT2D eigenvalue weighted by atomic mass is 16.6. The number of ether oxygens (including phenoxy) is 3. The van der Waals surface area contributed by atoms with Crippen molar-refractivity contribution in [2.24, 2.45) is 16.7 Å². The molecule has 0 amide bonds. The summed E-state index contributed by atoms with van der Waals surface area (Å²) >= 11 is 0. The van der Waals surface area contributed by atoms with Gasteiger partial charge in [0.05, 0.1) is 30.0 Å². The third-order valence-corrected chi connectivity index (χ3v) is 6.83. The fourth-order valence-electron chi connectivity index (χ4n) is 2.35. The molecule has 256 valence electrons. The van der Waals surface area contributed by atoms with Gasteiger partial charge in [0.15, 0.2) is 0 Å². The van der Waals surface area contributed by atoms with Gasteiger partial charge in [-0.25, -0.2) is 0 Å². The summed E-state index contributed by atoms with van der Waals surface area (Å²) in [6.45, 7) is 55.2. The molecule has 2 atom stereocenters. The fraction of sp³-hybridized carbons (Fsp3) is 1.00. The first kappa shape index (κ1) is 59.3. The van der Waals surface area contributed by atoms with E-state index in [9.17, 15) is 0 Å². The molecule has 0 bridgehead atoms. The smallest absolute Gasteiger partial charge is 0.0913 e. The zero-order valence-electron chi connectivity index (χ0n) is 34.1. The average molecular weight is 583 g/mol. The van der Waals surface area contributed by atoms with Crippen molar-refractivity contribution in [3.63, 3.8) is 0 Å². The molecule has 40 heavy (non-hydrogen) atoms. The zero-order valence-corrected chi connectivity index (χ0v) is 34.1. The van der Waals surface area contributed by atoms with Gasteiger partial charge < -0.3 is 14.2 Å². The minimum atomic E-state index is -0.272. The Morgan fingerprint density at radius 3 is 1.00 bits per heavy atom. The molecule has 3 nitrogen and oxygen atoms in total. The molecule has 2 aliphatic rings. The van der Waals surface area contributed by atoms with Gasteiger partial charge in [0.2, 0.25) is 0 Å². The maximum absolute atomic E-state index is 6.03. The molecule has 3 heteroatoms. The Hall–Kier alpha value is -0.120. The highest BCUT2D eigenvalue weighted by Gasteiger charge is 2.53. The summed E-state index contributed by atoms with van der Waals surface area (Å²) in [7, 11) is 1.73. The summed E-state index contributed by atoms with van der Waals surface area (Å²) in [5.74, 6) is 0.530. The molecule has 0 aromatic rings. The monoisotopic (exact) mass is 583 g/mol. The molecule has 0 spiro atoms. The van der Waals surface area contributed by atoms with Crippen LogP contribution in [-0.4, -0.2) is 37.1 Å². The molecule has 1 saturated heterocycles. The fourth-order valence-corrected chi connectivity index (χ4v) is 2.35. The predicted molar refractivity (Wildman–Crippen MR) is 192 cm³/mol. The van der Waals surface area contributed by atoms with Crippen molar-refractivity contribution in [3.05, 3.63) is 0 Å². The van der Waals surface area contributed by atoms with Crippen molar-refractivity contribution in [2.45, 2.75) is 216 Å². The lowest BCUT2D eigenvalue weighted by molar-refractivity contribution is -0.190. The van der Waals surface area contributed by atoms with E-state index in [2.05, 4.69) is 83.1 Å². The normalized spacial score (nSPS) is 16.6. The topological polar surface area (TPSA) is 31.0 Å². The molecular formula is C37H90O3. The van der Waals surface area contributed by atoms with Crippen LogP contribution < -0.4 is 0 Å². The van der Waals surface area contributed by atoms with E-state index in [1.54, 1.807) is 7.11 Å². The van der Waals surface area contributed by atoms with Gasteiger partial charge in [-0.05, 0) is 64.2 Å². The molecule has 2 unspecified atom stereocenters. The molecule has 1 heterocycles. The first-order chi connectivity index (χ1) is 18.5. The highest BCUT2D eigenvalue weighted by molar-refractivity contribution is 5.02. The van der Waals surface area contributed by atoms with E-state index >= 15 is 0 Å². The molecule has 1 aliphatic heterocycles. The van der Waals surface area contributed by atoms with Crippen LogP contribution in [0.1, 0.15) is 193 Å². The maximum atomic E-state index is 6.03. The number of hydrogen-bond acceptors (Lipinski definition) is 3. The lowest BCUT2D eigenvalue weighted by Gasteiger charge is -2.42. The van der Waals surface area contributed by atoms with Gasteiger partial charge in [0, 0.05) is 7.11 Å². The quantitative estimate of drug-likeness (QED) is 0.292. The van der Waals surface area contributed by atoms with E-state index in [1.807, 2.05) is 96.9 Å². The van der Waals surface area contributed by atoms with Crippen LogP contribution in [0.4, 0.5) is 0 Å². The van der Waals surface area contributed by atoms with Gasteiger partial charge in [0.1, 0.15) is 0 Å². The van der Waals surface area contributed by atoms with Crippen molar-refractivity contribution in [3.8, 4) is 0 Å². The number of methoxy groups -OCH3 is 1. The van der Waals surface area contributed by atoms with E-state index in [4.69, 9.17) is 14.2 Å². The summed E-state index contributed by atoms with van der Waals surface area (Å²) < 4.78 is 16.3. The van der Waals surface area contributed by atoms with Gasteiger partial charge in [-0.3, -0.25) is 0 Å². The summed E-state index contributed by atoms with van der Waals surface area (Å²) in [5, 5.41) is 0. The zero-order chi connectivity index (χ0) is 35.0. The lowest BCUT2D eigenvalue weighted by atomic mass is 9.88. The van der Waals surface area contributed by atoms with Crippen LogP contribution in [0.2, 0.25) is 0 Å². The first-order valence-electron chi connectivity index (χ1n) is 17.4. The van der Waals surface area contributed by atoms with Crippen molar-refractivity contribution in [1.82, 2.24) is 0 Å². The molecule has 0 aromatic carbocycles. The predicted octanol–water partition coefficient (Wildman–Crippen LogP) is 13.7. The number of hydrogen-bond donors (Lipinski definition) is 0. The van der Waals surface area contributed by atoms with Crippen LogP contribution in [-0.2, 0) is 14.2 Å². The minimum Gasteiger partial charge on any atom is -0.376 e. The van der Waals surface area contributed by atoms with Crippen LogP contribution in [0.5, 0.6) is 0 Å². The molecular weight excluding hydrogens is 492 g/mol. The first-order valence-corrected chi connectivity index (χ1v) is 17.4. The van der Waals surface area contributed by atoms with Gasteiger partial charge in [-0.1, -0.05) is 145 Å². The van der Waals surface area contributed by atoms with E-state index in [0.29, 0.717) is 22.9 Å². The molecule has 1 aliphatic carbocycles. The van der Waals surface area contributed by atoms with Gasteiger partial charge >= 0.3 is 0 Å². The van der Waals surface area contributed by atoms with Crippen molar-refractivity contribution < 1.29 is 14.2 Å². The maximum Gasteiger partial charge on any atom is 0.0913 e. The van der Waals surface area contributed by atoms with E-state index < -0.39 is 0 Å². The van der Waals surface area contributed by atoms with Gasteiger partial charge in [-0.2, -0.15) is 0 Å². The third kappa shape index (κ3) is 34.1. The molecule has 0 aromatic heterocycles. The van der Waals surface area contributed by atoms with Crippen molar-refractivity contribution >= 4 is 0 Å². The second-order valence-electron chi connectivity index (χ2n) is 10.6. The summed E-state index contributed by atoms with van der Waals surface area (Å²) in [6, 6.07) is 0. The lowest BCUT2D eigenvalue weighted by Crippen LogP contribution is -2.50. The molecule has 2 rings (SSSR count). The van der Waals surface area contributed by atoms with Gasteiger partial charge in [-0.15, -0.1) is 0 Å². The summed E-state index contributed by atoms with van der Waals surface area (Å²) in [6.07, 6.45) is 3.48. The standard InChI is InChI=1S/C12H26O2.C7H14.C4H8O.7C2H6/c1-9(2)10(3)14-12(6,7)11(4,5)13-8;1-6(2)5-7(6,3)4;1-2-4-3-5-4;7*1-2/h9-10H,1-8H3;5H2,1-4H3;4H,2-3H2,1H3;7*1-2H3. The molecule has 1 saturated carbocycles. The second kappa shape index (κ2) is 36.9. The average Bonchev–Trinajstić information content (AvgIpc) is 3.88. The van der Waals surface area contributed by atoms with Crippen molar-refractivity contribution in [1.29, 1.82) is 0 Å². The Morgan fingerprint density at radius 1 is 0.650 bits per heavy atom. The Kier molecular flexibility index (Phi) is 54.7. The summed E-state index contributed by atoms with van der Waals surface area (Å²) in [5.41, 5.74) is 0.752. The minimum absolute atomic E-state index is 0.249. The van der Waals surface area contributed by atoms with E-state index in [1.165, 1.54) is 12.8 Å². The Labute approximate surface area is 260 Å². The summed E-state index contributed by atoms with van der Waals surface area (Å²) in [4.78, 5) is 0.